The van der Waals surface area contributed by atoms with Crippen LogP contribution < -0.4 is 5.56 Å². The van der Waals surface area contributed by atoms with Gasteiger partial charge in [-0.15, -0.1) is 0 Å². The van der Waals surface area contributed by atoms with Crippen LogP contribution in [0.2, 0.25) is 5.02 Å². The number of carbonyl (C=O) groups excluding carboxylic acids is 1. The van der Waals surface area contributed by atoms with Crippen LogP contribution in [0.3, 0.4) is 0 Å². The smallest absolute Gasteiger partial charge is 0.266 e. The van der Waals surface area contributed by atoms with Gasteiger partial charge in [0.25, 0.3) is 5.56 Å². The summed E-state index contributed by atoms with van der Waals surface area (Å²) in [5, 5.41) is 1.41. The van der Waals surface area contributed by atoms with E-state index in [0.29, 0.717) is 33.4 Å². The molecule has 4 rings (SSSR count). The Morgan fingerprint density at radius 1 is 1.19 bits per heavy atom. The number of aromatic nitrogens is 2. The van der Waals surface area contributed by atoms with Crippen molar-refractivity contribution < 1.29 is 9.21 Å². The van der Waals surface area contributed by atoms with Gasteiger partial charge in [0.15, 0.2) is 5.16 Å². The fourth-order valence-electron chi connectivity index (χ4n) is 3.22. The number of benzene rings is 2. The number of carbonyl (C=O) groups is 1. The van der Waals surface area contributed by atoms with Gasteiger partial charge in [0.2, 0.25) is 5.91 Å². The highest BCUT2D eigenvalue weighted by Crippen LogP contribution is 2.24. The van der Waals surface area contributed by atoms with Crippen LogP contribution in [0.5, 0.6) is 0 Å². The zero-order chi connectivity index (χ0) is 22.0. The van der Waals surface area contributed by atoms with Gasteiger partial charge in [-0.05, 0) is 48.9 Å². The molecule has 158 valence electrons. The van der Waals surface area contributed by atoms with Crippen LogP contribution in [0.15, 0.2) is 75.2 Å². The Morgan fingerprint density at radius 3 is 2.74 bits per heavy atom. The Balaban J connectivity index is 1.70. The van der Waals surface area contributed by atoms with Gasteiger partial charge < -0.3 is 9.32 Å². The molecule has 0 fully saturated rings. The van der Waals surface area contributed by atoms with Crippen LogP contribution in [0.25, 0.3) is 16.6 Å². The number of rotatable bonds is 6. The lowest BCUT2D eigenvalue weighted by Gasteiger charge is -2.17. The molecule has 0 spiro atoms. The van der Waals surface area contributed by atoms with Crippen molar-refractivity contribution in [2.24, 2.45) is 0 Å². The Bertz CT molecular complexity index is 1300. The molecule has 0 atom stereocenters. The molecule has 31 heavy (non-hydrogen) atoms. The number of aryl methyl sites for hydroxylation is 1. The highest BCUT2D eigenvalue weighted by molar-refractivity contribution is 7.99. The lowest BCUT2D eigenvalue weighted by Crippen LogP contribution is -2.28. The molecule has 0 N–H and O–H groups in total. The zero-order valence-corrected chi connectivity index (χ0v) is 18.6. The quantitative estimate of drug-likeness (QED) is 0.313. The summed E-state index contributed by atoms with van der Waals surface area (Å²) in [5.74, 6) is 0.732. The fraction of sp³-hybridized carbons (Fsp3) is 0.174. The molecule has 0 aliphatic rings. The first-order valence-corrected chi connectivity index (χ1v) is 11.0. The number of para-hydroxylation sites is 1. The molecule has 0 aliphatic carbocycles. The summed E-state index contributed by atoms with van der Waals surface area (Å²) in [6.07, 6.45) is 1.58. The first-order valence-electron chi connectivity index (χ1n) is 9.61. The van der Waals surface area contributed by atoms with E-state index in [0.717, 1.165) is 11.3 Å². The Kier molecular flexibility index (Phi) is 6.15. The fourth-order valence-corrected chi connectivity index (χ4v) is 4.34. The maximum atomic E-state index is 13.4. The average molecular weight is 454 g/mol. The summed E-state index contributed by atoms with van der Waals surface area (Å²) in [6.45, 7) is 2.31. The minimum atomic E-state index is -0.199. The van der Waals surface area contributed by atoms with Crippen molar-refractivity contribution in [3.8, 4) is 5.69 Å². The van der Waals surface area contributed by atoms with Gasteiger partial charge in [-0.2, -0.15) is 0 Å². The van der Waals surface area contributed by atoms with Crippen molar-refractivity contribution in [1.29, 1.82) is 0 Å². The highest BCUT2D eigenvalue weighted by Gasteiger charge is 2.18. The third-order valence-corrected chi connectivity index (χ3v) is 6.04. The molecule has 8 heteroatoms. The van der Waals surface area contributed by atoms with E-state index in [4.69, 9.17) is 16.0 Å². The number of thioether (sulfide) groups is 1. The molecule has 0 saturated carbocycles. The molecular weight excluding hydrogens is 434 g/mol. The van der Waals surface area contributed by atoms with Gasteiger partial charge >= 0.3 is 0 Å². The highest BCUT2D eigenvalue weighted by atomic mass is 35.5. The zero-order valence-electron chi connectivity index (χ0n) is 17.0. The molecule has 4 aromatic rings. The monoisotopic (exact) mass is 453 g/mol. The maximum Gasteiger partial charge on any atom is 0.266 e. The van der Waals surface area contributed by atoms with Gasteiger partial charge in [-0.3, -0.25) is 14.2 Å². The molecule has 2 aromatic carbocycles. The van der Waals surface area contributed by atoms with E-state index in [1.165, 1.54) is 11.8 Å². The molecule has 0 unspecified atom stereocenters. The minimum Gasteiger partial charge on any atom is -0.467 e. The maximum absolute atomic E-state index is 13.4. The van der Waals surface area contributed by atoms with Crippen molar-refractivity contribution >= 4 is 40.2 Å². The SMILES string of the molecule is Cc1ccccc1-n1c(SCC(=O)N(C)Cc2ccco2)nc2cc(Cl)ccc2c1=O. The van der Waals surface area contributed by atoms with Gasteiger partial charge in [0.05, 0.1) is 35.2 Å². The lowest BCUT2D eigenvalue weighted by atomic mass is 10.2. The third-order valence-electron chi connectivity index (χ3n) is 4.88. The van der Waals surface area contributed by atoms with Crippen LogP contribution in [0, 0.1) is 6.92 Å². The Labute approximate surface area is 188 Å². The van der Waals surface area contributed by atoms with E-state index in [9.17, 15) is 9.59 Å². The second kappa shape index (κ2) is 8.99. The molecule has 0 radical (unpaired) electrons. The Hall–Kier alpha value is -3.03. The van der Waals surface area contributed by atoms with E-state index in [-0.39, 0.29) is 17.2 Å². The summed E-state index contributed by atoms with van der Waals surface area (Å²) < 4.78 is 6.88. The van der Waals surface area contributed by atoms with E-state index in [1.807, 2.05) is 37.3 Å². The third kappa shape index (κ3) is 4.52. The lowest BCUT2D eigenvalue weighted by molar-refractivity contribution is -0.127. The second-order valence-electron chi connectivity index (χ2n) is 7.10. The van der Waals surface area contributed by atoms with Crippen LogP contribution in [0.1, 0.15) is 11.3 Å². The summed E-state index contributed by atoms with van der Waals surface area (Å²) >= 11 is 7.34. The van der Waals surface area contributed by atoms with E-state index < -0.39 is 0 Å². The molecule has 2 heterocycles. The minimum absolute atomic E-state index is 0.0989. The van der Waals surface area contributed by atoms with Gasteiger partial charge in [0.1, 0.15) is 5.76 Å². The van der Waals surface area contributed by atoms with Crippen molar-refractivity contribution in [3.05, 3.63) is 87.6 Å². The topological polar surface area (TPSA) is 68.3 Å². The van der Waals surface area contributed by atoms with Crippen LogP contribution in [-0.2, 0) is 11.3 Å². The number of fused-ring (bicyclic) bond motifs is 1. The average Bonchev–Trinajstić information content (AvgIpc) is 3.25. The number of hydrogen-bond acceptors (Lipinski definition) is 5. The molecule has 0 aliphatic heterocycles. The molecule has 0 bridgehead atoms. The van der Waals surface area contributed by atoms with Crippen LogP contribution in [-0.4, -0.2) is 33.2 Å². The molecule has 6 nitrogen and oxygen atoms in total. The van der Waals surface area contributed by atoms with Gasteiger partial charge in [0, 0.05) is 12.1 Å². The van der Waals surface area contributed by atoms with Crippen molar-refractivity contribution in [1.82, 2.24) is 14.5 Å². The summed E-state index contributed by atoms with van der Waals surface area (Å²) in [7, 11) is 1.72. The molecule has 1 amide bonds. The first kappa shape index (κ1) is 21.2. The number of halogens is 1. The largest absolute Gasteiger partial charge is 0.467 e. The summed E-state index contributed by atoms with van der Waals surface area (Å²) in [4.78, 5) is 32.3. The van der Waals surface area contributed by atoms with Crippen LogP contribution in [0.4, 0.5) is 0 Å². The predicted octanol–water partition coefficient (Wildman–Crippen LogP) is 4.69. The molecule has 2 aromatic heterocycles. The van der Waals surface area contributed by atoms with Crippen molar-refractivity contribution in [2.45, 2.75) is 18.6 Å². The van der Waals surface area contributed by atoms with Gasteiger partial charge in [-0.1, -0.05) is 41.6 Å². The summed E-state index contributed by atoms with van der Waals surface area (Å²) in [6, 6.07) is 16.2. The number of amides is 1. The number of hydrogen-bond donors (Lipinski definition) is 0. The second-order valence-corrected chi connectivity index (χ2v) is 8.48. The van der Waals surface area contributed by atoms with Crippen LogP contribution >= 0.6 is 23.4 Å². The predicted molar refractivity (Wildman–Crippen MR) is 123 cm³/mol. The number of nitrogens with zero attached hydrogens (tertiary/aromatic N) is 3. The standard InChI is InChI=1S/C23H20ClN3O3S/c1-15-6-3-4-8-20(15)27-22(29)18-10-9-16(24)12-19(18)25-23(27)31-14-21(28)26(2)13-17-7-5-11-30-17/h3-12H,13-14H2,1-2H3. The van der Waals surface area contributed by atoms with E-state index >= 15 is 0 Å². The van der Waals surface area contributed by atoms with Gasteiger partial charge in [-0.25, -0.2) is 4.98 Å². The van der Waals surface area contributed by atoms with Crippen molar-refractivity contribution in [2.75, 3.05) is 12.8 Å². The molecule has 0 saturated heterocycles. The van der Waals surface area contributed by atoms with E-state index in [1.54, 1.807) is 47.0 Å². The Morgan fingerprint density at radius 2 is 2.00 bits per heavy atom. The summed E-state index contributed by atoms with van der Waals surface area (Å²) in [5.41, 5.74) is 1.97. The van der Waals surface area contributed by atoms with E-state index in [2.05, 4.69) is 4.98 Å². The number of furan rings is 1. The van der Waals surface area contributed by atoms with Crippen molar-refractivity contribution in [3.63, 3.8) is 0 Å². The molecular formula is C23H20ClN3O3S. The first-order chi connectivity index (χ1) is 14.9. The normalized spacial score (nSPS) is 11.1.